The zero-order valence-corrected chi connectivity index (χ0v) is 12.7. The summed E-state index contributed by atoms with van der Waals surface area (Å²) < 4.78 is -0.839. The van der Waals surface area contributed by atoms with Crippen LogP contribution in [0, 0.1) is 5.92 Å². The summed E-state index contributed by atoms with van der Waals surface area (Å²) in [6, 6.07) is 0. The van der Waals surface area contributed by atoms with E-state index in [4.69, 9.17) is 5.11 Å². The van der Waals surface area contributed by atoms with Crippen molar-refractivity contribution in [3.63, 3.8) is 0 Å². The molecule has 0 radical (unpaired) electrons. The van der Waals surface area contributed by atoms with E-state index >= 15 is 0 Å². The van der Waals surface area contributed by atoms with E-state index in [0.717, 1.165) is 25.7 Å². The quantitative estimate of drug-likeness (QED) is 0.475. The van der Waals surface area contributed by atoms with Gasteiger partial charge in [-0.2, -0.15) is 0 Å². The van der Waals surface area contributed by atoms with Gasteiger partial charge in [-0.25, -0.2) is 0 Å². The zero-order chi connectivity index (χ0) is 14.2. The Morgan fingerprint density at radius 2 is 1.78 bits per heavy atom. The molecule has 0 bridgehead atoms. The van der Waals surface area contributed by atoms with Crippen LogP contribution in [0.15, 0.2) is 0 Å². The van der Waals surface area contributed by atoms with Crippen LogP contribution in [0.4, 0.5) is 0 Å². The molecule has 0 aliphatic heterocycles. The van der Waals surface area contributed by atoms with Gasteiger partial charge in [-0.3, -0.25) is 9.59 Å². The summed E-state index contributed by atoms with van der Waals surface area (Å²) in [4.78, 5) is 21.7. The molecule has 2 unspecified atom stereocenters. The first-order chi connectivity index (χ1) is 8.38. The summed E-state index contributed by atoms with van der Waals surface area (Å²) in [5.74, 6) is -1.48. The minimum Gasteiger partial charge on any atom is -0.481 e. The first kappa shape index (κ1) is 17.4. The van der Waals surface area contributed by atoms with Gasteiger partial charge in [-0.1, -0.05) is 49.0 Å². The summed E-state index contributed by atoms with van der Waals surface area (Å²) in [5, 5.41) is 17.8. The van der Waals surface area contributed by atoms with E-state index < -0.39 is 16.3 Å². The highest BCUT2D eigenvalue weighted by atomic mass is 79.9. The summed E-state index contributed by atoms with van der Waals surface area (Å²) in [6.07, 6.45) is 4.77. The van der Waals surface area contributed by atoms with Crippen LogP contribution in [-0.4, -0.2) is 26.5 Å². The summed E-state index contributed by atoms with van der Waals surface area (Å²) >= 11 is 3.37. The third-order valence-electron chi connectivity index (χ3n) is 3.45. The van der Waals surface area contributed by atoms with Gasteiger partial charge >= 0.3 is 11.9 Å². The zero-order valence-electron chi connectivity index (χ0n) is 11.1. The molecule has 0 aliphatic carbocycles. The molecule has 0 fully saturated rings. The molecule has 0 rings (SSSR count). The van der Waals surface area contributed by atoms with Crippen LogP contribution in [0.25, 0.3) is 0 Å². The number of alkyl halides is 1. The molecule has 106 valence electrons. The molecule has 18 heavy (non-hydrogen) atoms. The number of rotatable bonds is 10. The lowest BCUT2D eigenvalue weighted by molar-refractivity contribution is -0.141. The molecular weight excluding hydrogens is 300 g/mol. The molecular formula is C13H23BrO4. The Morgan fingerprint density at radius 1 is 1.17 bits per heavy atom. The summed E-state index contributed by atoms with van der Waals surface area (Å²) in [5.41, 5.74) is 0. The molecule has 0 aliphatic rings. The van der Waals surface area contributed by atoms with Gasteiger partial charge in [-0.15, -0.1) is 0 Å². The van der Waals surface area contributed by atoms with Crippen LogP contribution < -0.4 is 0 Å². The van der Waals surface area contributed by atoms with E-state index in [-0.39, 0.29) is 12.3 Å². The molecule has 0 heterocycles. The Bertz CT molecular complexity index is 280. The Balaban J connectivity index is 4.18. The van der Waals surface area contributed by atoms with Crippen molar-refractivity contribution in [1.82, 2.24) is 0 Å². The monoisotopic (exact) mass is 322 g/mol. The normalized spacial score (nSPS) is 15.9. The lowest BCUT2D eigenvalue weighted by Crippen LogP contribution is -2.39. The van der Waals surface area contributed by atoms with Gasteiger partial charge in [-0.05, 0) is 25.2 Å². The van der Waals surface area contributed by atoms with Crippen molar-refractivity contribution in [2.75, 3.05) is 0 Å². The number of hydrogen-bond donors (Lipinski definition) is 2. The molecule has 0 aromatic rings. The van der Waals surface area contributed by atoms with Crippen LogP contribution >= 0.6 is 15.9 Å². The van der Waals surface area contributed by atoms with E-state index in [1.54, 1.807) is 0 Å². The van der Waals surface area contributed by atoms with Crippen LogP contribution in [0.3, 0.4) is 0 Å². The van der Waals surface area contributed by atoms with Crippen molar-refractivity contribution < 1.29 is 19.8 Å². The van der Waals surface area contributed by atoms with Crippen molar-refractivity contribution in [3.05, 3.63) is 0 Å². The molecule has 0 aromatic carbocycles. The molecule has 0 saturated carbocycles. The first-order valence-corrected chi connectivity index (χ1v) is 7.31. The number of halogens is 1. The fraction of sp³-hybridized carbons (Fsp3) is 0.846. The van der Waals surface area contributed by atoms with Gasteiger partial charge in [0.1, 0.15) is 4.32 Å². The third-order valence-corrected chi connectivity index (χ3v) is 5.00. The minimum atomic E-state index is -0.839. The standard InChI is InChI=1S/C13H23BrO4/c1-3-10(13(14,4-2)12(17)18)8-6-5-7-9-11(15)16/h10H,3-9H2,1-2H3,(H,15,16)(H,17,18). The highest BCUT2D eigenvalue weighted by Crippen LogP contribution is 2.37. The van der Waals surface area contributed by atoms with E-state index in [9.17, 15) is 14.7 Å². The Morgan fingerprint density at radius 3 is 2.17 bits per heavy atom. The summed E-state index contributed by atoms with van der Waals surface area (Å²) in [7, 11) is 0. The van der Waals surface area contributed by atoms with Crippen molar-refractivity contribution in [3.8, 4) is 0 Å². The molecule has 0 saturated heterocycles. The molecule has 0 aromatic heterocycles. The lowest BCUT2D eigenvalue weighted by Gasteiger charge is -2.30. The molecule has 0 amide bonds. The van der Waals surface area contributed by atoms with E-state index in [0.29, 0.717) is 12.8 Å². The third kappa shape index (κ3) is 5.38. The minimum absolute atomic E-state index is 0.0878. The second kappa shape index (κ2) is 8.51. The first-order valence-electron chi connectivity index (χ1n) is 6.52. The predicted molar refractivity (Wildman–Crippen MR) is 74.1 cm³/mol. The Labute approximate surface area is 117 Å². The molecule has 0 spiro atoms. The van der Waals surface area contributed by atoms with Crippen LogP contribution in [-0.2, 0) is 9.59 Å². The molecule has 5 heteroatoms. The number of carbonyl (C=O) groups is 2. The van der Waals surface area contributed by atoms with Crippen LogP contribution in [0.5, 0.6) is 0 Å². The number of hydrogen-bond acceptors (Lipinski definition) is 2. The fourth-order valence-electron chi connectivity index (χ4n) is 2.21. The summed E-state index contributed by atoms with van der Waals surface area (Å²) in [6.45, 7) is 3.87. The maximum atomic E-state index is 11.3. The largest absolute Gasteiger partial charge is 0.481 e. The highest BCUT2D eigenvalue weighted by molar-refractivity contribution is 9.10. The van der Waals surface area contributed by atoms with Gasteiger partial charge in [0.25, 0.3) is 0 Å². The fourth-order valence-corrected chi connectivity index (χ4v) is 2.77. The van der Waals surface area contributed by atoms with E-state index in [1.807, 2.05) is 13.8 Å². The van der Waals surface area contributed by atoms with Gasteiger partial charge in [0.15, 0.2) is 0 Å². The number of aliphatic carboxylic acids is 2. The average molecular weight is 323 g/mol. The van der Waals surface area contributed by atoms with Crippen molar-refractivity contribution in [2.24, 2.45) is 5.92 Å². The number of unbranched alkanes of at least 4 members (excludes halogenated alkanes) is 2. The Hall–Kier alpha value is -0.580. The second-order valence-corrected chi connectivity index (χ2v) is 6.03. The SMILES string of the molecule is CCC(CCCCCC(=O)O)C(Br)(CC)C(=O)O. The van der Waals surface area contributed by atoms with Gasteiger partial charge in [0.05, 0.1) is 0 Å². The molecule has 4 nitrogen and oxygen atoms in total. The lowest BCUT2D eigenvalue weighted by atomic mass is 9.83. The maximum Gasteiger partial charge on any atom is 0.320 e. The van der Waals surface area contributed by atoms with Crippen molar-refractivity contribution in [2.45, 2.75) is 63.1 Å². The highest BCUT2D eigenvalue weighted by Gasteiger charge is 2.40. The number of carboxylic acid groups (broad SMARTS) is 2. The van der Waals surface area contributed by atoms with E-state index in [2.05, 4.69) is 15.9 Å². The Kier molecular flexibility index (Phi) is 8.24. The van der Waals surface area contributed by atoms with Crippen molar-refractivity contribution >= 4 is 27.9 Å². The topological polar surface area (TPSA) is 74.6 Å². The average Bonchev–Trinajstić information content (AvgIpc) is 2.32. The van der Waals surface area contributed by atoms with Crippen molar-refractivity contribution in [1.29, 1.82) is 0 Å². The van der Waals surface area contributed by atoms with Crippen LogP contribution in [0.1, 0.15) is 58.8 Å². The smallest absolute Gasteiger partial charge is 0.320 e. The van der Waals surface area contributed by atoms with Gasteiger partial charge < -0.3 is 10.2 Å². The van der Waals surface area contributed by atoms with Crippen LogP contribution in [0.2, 0.25) is 0 Å². The van der Waals surface area contributed by atoms with Gasteiger partial charge in [0.2, 0.25) is 0 Å². The van der Waals surface area contributed by atoms with Gasteiger partial charge in [0, 0.05) is 6.42 Å². The maximum absolute atomic E-state index is 11.3. The predicted octanol–water partition coefficient (Wildman–Crippen LogP) is 3.68. The molecule has 2 atom stereocenters. The van der Waals surface area contributed by atoms with E-state index in [1.165, 1.54) is 0 Å². The number of carboxylic acids is 2. The second-order valence-electron chi connectivity index (χ2n) is 4.62. The molecule has 2 N–H and O–H groups in total.